The number of hydrogen-bond donors (Lipinski definition) is 1. The fraction of sp³-hybridized carbons (Fsp3) is 0.571. The van der Waals surface area contributed by atoms with Crippen molar-refractivity contribution in [1.29, 1.82) is 0 Å². The second-order valence-electron chi connectivity index (χ2n) is 11.4. The molecule has 1 aromatic rings. The first-order valence-corrected chi connectivity index (χ1v) is 12.4. The molecule has 1 heterocycles. The van der Waals surface area contributed by atoms with E-state index in [1.54, 1.807) is 0 Å². The van der Waals surface area contributed by atoms with Crippen molar-refractivity contribution in [1.82, 2.24) is 0 Å². The van der Waals surface area contributed by atoms with Crippen molar-refractivity contribution in [2.24, 2.45) is 22.2 Å². The molecule has 0 aromatic heterocycles. The van der Waals surface area contributed by atoms with Crippen LogP contribution in [0.2, 0.25) is 0 Å². The molecule has 1 unspecified atom stereocenters. The van der Waals surface area contributed by atoms with E-state index in [-0.39, 0.29) is 11.3 Å². The van der Waals surface area contributed by atoms with Crippen LogP contribution in [0.25, 0.3) is 0 Å². The molecule has 4 nitrogen and oxygen atoms in total. The third-order valence-corrected chi connectivity index (χ3v) is 7.76. The minimum Gasteiger partial charge on any atom is -0.402 e. The highest BCUT2D eigenvalue weighted by molar-refractivity contribution is 5.59. The van der Waals surface area contributed by atoms with Crippen LogP contribution in [0.3, 0.4) is 0 Å². The van der Waals surface area contributed by atoms with E-state index < -0.39 is 29.5 Å². The van der Waals surface area contributed by atoms with Crippen molar-refractivity contribution in [2.45, 2.75) is 90.1 Å². The van der Waals surface area contributed by atoms with Crippen LogP contribution in [0.5, 0.6) is 0 Å². The van der Waals surface area contributed by atoms with Gasteiger partial charge < -0.3 is 10.5 Å². The second-order valence-corrected chi connectivity index (χ2v) is 11.4. The van der Waals surface area contributed by atoms with Gasteiger partial charge in [0.15, 0.2) is 0 Å². The van der Waals surface area contributed by atoms with E-state index in [9.17, 15) is 18.1 Å². The molecule has 1 spiro atoms. The number of nitrogens with two attached hydrogens (primary N) is 1. The Bertz CT molecular complexity index is 1070. The predicted octanol–water partition coefficient (Wildman–Crippen LogP) is 7.77. The molecule has 190 valence electrons. The first-order valence-electron chi connectivity index (χ1n) is 12.4. The number of alkyl halides is 3. The Morgan fingerprint density at radius 3 is 2.29 bits per heavy atom. The van der Waals surface area contributed by atoms with Gasteiger partial charge in [-0.2, -0.15) is 18.1 Å². The summed E-state index contributed by atoms with van der Waals surface area (Å²) >= 11 is 0. The van der Waals surface area contributed by atoms with Crippen LogP contribution in [-0.2, 0) is 10.9 Å². The Hall–Kier alpha value is -2.41. The maximum atomic E-state index is 13.2. The summed E-state index contributed by atoms with van der Waals surface area (Å²) in [5.74, 6) is -0.0198. The largest absolute Gasteiger partial charge is 0.416 e. The Kier molecular flexibility index (Phi) is 6.54. The molecule has 35 heavy (non-hydrogen) atoms. The maximum absolute atomic E-state index is 13.2. The lowest BCUT2D eigenvalue weighted by atomic mass is 9.67. The molecule has 0 bridgehead atoms. The quantitative estimate of drug-likeness (QED) is 0.442. The lowest BCUT2D eigenvalue weighted by molar-refractivity contribution is -0.137. The molecular formula is C28H35F3N2O2. The van der Waals surface area contributed by atoms with Crippen molar-refractivity contribution in [2.75, 3.05) is 0 Å². The van der Waals surface area contributed by atoms with Crippen LogP contribution in [0.1, 0.15) is 83.5 Å². The first kappa shape index (κ1) is 25.7. The van der Waals surface area contributed by atoms with Crippen molar-refractivity contribution in [3.8, 4) is 0 Å². The fourth-order valence-corrected chi connectivity index (χ4v) is 6.15. The van der Waals surface area contributed by atoms with Gasteiger partial charge in [0, 0.05) is 11.3 Å². The Morgan fingerprint density at radius 1 is 1.17 bits per heavy atom. The van der Waals surface area contributed by atoms with Crippen molar-refractivity contribution in [3.05, 3.63) is 74.9 Å². The summed E-state index contributed by atoms with van der Waals surface area (Å²) < 4.78 is 46.5. The molecule has 1 aliphatic heterocycles. The van der Waals surface area contributed by atoms with Gasteiger partial charge in [-0.25, -0.2) is 0 Å². The molecule has 4 rings (SSSR count). The fourth-order valence-electron chi connectivity index (χ4n) is 6.15. The highest BCUT2D eigenvalue weighted by Crippen LogP contribution is 2.59. The average Bonchev–Trinajstić information content (AvgIpc) is 3.37. The van der Waals surface area contributed by atoms with Gasteiger partial charge in [-0.3, -0.25) is 0 Å². The molecule has 2 N–H and O–H groups in total. The predicted molar refractivity (Wildman–Crippen MR) is 131 cm³/mol. The average molecular weight is 489 g/mol. The topological polar surface area (TPSA) is 64.7 Å². The third-order valence-electron chi connectivity index (χ3n) is 7.76. The first-order chi connectivity index (χ1) is 16.3. The van der Waals surface area contributed by atoms with Crippen molar-refractivity contribution < 1.29 is 17.9 Å². The van der Waals surface area contributed by atoms with Gasteiger partial charge in [-0.1, -0.05) is 64.4 Å². The minimum absolute atomic E-state index is 0.0198. The van der Waals surface area contributed by atoms with E-state index in [2.05, 4.69) is 25.6 Å². The monoisotopic (exact) mass is 488 g/mol. The van der Waals surface area contributed by atoms with Crippen LogP contribution in [0, 0.1) is 16.2 Å². The lowest BCUT2D eigenvalue weighted by Crippen LogP contribution is -2.34. The summed E-state index contributed by atoms with van der Waals surface area (Å²) in [6.07, 6.45) is -0.251. The van der Waals surface area contributed by atoms with Crippen LogP contribution in [0.15, 0.2) is 64.0 Å². The number of allylic oxidation sites excluding steroid dienone is 1. The summed E-state index contributed by atoms with van der Waals surface area (Å²) in [5.41, 5.74) is 9.91. The second kappa shape index (κ2) is 8.91. The molecule has 0 amide bonds. The molecular weight excluding hydrogens is 453 g/mol. The summed E-state index contributed by atoms with van der Waals surface area (Å²) in [5, 5.41) is 3.54. The molecule has 2 atom stereocenters. The standard InChI is InChI=1S/C28H35F3N2O2/c1-16(2)24(32)22-23(21-17(3)14-26(4,5)15-20(21)33-34)27(12-6-7-13-27)35-25(22)18-8-10-19(11-9-18)28(29,30)31/h8-11,16,20,25H,3,6-7,12-15,32H2,1-2,4-5H3/b23-21-,24-22+/t20?,25-/m1/s1. The number of rotatable bonds is 3. The Labute approximate surface area is 205 Å². The maximum Gasteiger partial charge on any atom is 0.416 e. The van der Waals surface area contributed by atoms with E-state index in [0.717, 1.165) is 66.5 Å². The Balaban J connectivity index is 1.96. The number of nitrogens with zero attached hydrogens (tertiary/aromatic N) is 1. The van der Waals surface area contributed by atoms with Crippen LogP contribution in [0.4, 0.5) is 13.2 Å². The number of nitroso groups, excluding NO2 is 1. The Morgan fingerprint density at radius 2 is 1.77 bits per heavy atom. The summed E-state index contributed by atoms with van der Waals surface area (Å²) in [7, 11) is 0. The zero-order valence-electron chi connectivity index (χ0n) is 21.0. The summed E-state index contributed by atoms with van der Waals surface area (Å²) in [6, 6.07) is 4.57. The smallest absolute Gasteiger partial charge is 0.402 e. The van der Waals surface area contributed by atoms with Gasteiger partial charge in [0.1, 0.15) is 12.1 Å². The van der Waals surface area contributed by atoms with Crippen LogP contribution < -0.4 is 5.73 Å². The van der Waals surface area contributed by atoms with Crippen molar-refractivity contribution >= 4 is 0 Å². The zero-order valence-corrected chi connectivity index (χ0v) is 21.0. The molecule has 1 saturated heterocycles. The molecule has 2 aliphatic carbocycles. The lowest BCUT2D eigenvalue weighted by Gasteiger charge is -2.38. The molecule has 3 fully saturated rings. The molecule has 2 saturated carbocycles. The van der Waals surface area contributed by atoms with E-state index in [0.29, 0.717) is 17.7 Å². The zero-order chi connectivity index (χ0) is 25.8. The minimum atomic E-state index is -4.42. The molecule has 1 aromatic carbocycles. The van der Waals surface area contributed by atoms with Gasteiger partial charge in [-0.15, -0.1) is 0 Å². The molecule has 3 aliphatic rings. The van der Waals surface area contributed by atoms with E-state index in [1.165, 1.54) is 12.1 Å². The van der Waals surface area contributed by atoms with Gasteiger partial charge in [0.25, 0.3) is 0 Å². The highest BCUT2D eigenvalue weighted by atomic mass is 19.4. The van der Waals surface area contributed by atoms with E-state index in [4.69, 9.17) is 10.5 Å². The summed E-state index contributed by atoms with van der Waals surface area (Å²) in [6.45, 7) is 12.6. The van der Waals surface area contributed by atoms with E-state index >= 15 is 0 Å². The molecule has 0 radical (unpaired) electrons. The number of ether oxygens (including phenoxy) is 1. The number of halogens is 3. The number of benzene rings is 1. The van der Waals surface area contributed by atoms with E-state index in [1.807, 2.05) is 13.8 Å². The van der Waals surface area contributed by atoms with Gasteiger partial charge in [0.2, 0.25) is 0 Å². The third kappa shape index (κ3) is 4.59. The highest BCUT2D eigenvalue weighted by Gasteiger charge is 2.54. The van der Waals surface area contributed by atoms with Gasteiger partial charge >= 0.3 is 6.18 Å². The van der Waals surface area contributed by atoms with Crippen LogP contribution in [-0.4, -0.2) is 11.6 Å². The van der Waals surface area contributed by atoms with Crippen LogP contribution >= 0.6 is 0 Å². The van der Waals surface area contributed by atoms with Gasteiger partial charge in [0.05, 0.1) is 11.2 Å². The summed E-state index contributed by atoms with van der Waals surface area (Å²) in [4.78, 5) is 12.1. The van der Waals surface area contributed by atoms with Crippen molar-refractivity contribution in [3.63, 3.8) is 0 Å². The SMILES string of the molecule is C=C1CC(C)(C)CC(N=O)/C1=C1/C(=C(\N)C(C)C)[C@@H](c2ccc(C(F)(F)F)cc2)OC12CCCC2. The van der Waals surface area contributed by atoms with Gasteiger partial charge in [-0.05, 0) is 71.4 Å². The number of hydrogen-bond acceptors (Lipinski definition) is 4. The molecule has 7 heteroatoms. The normalized spacial score (nSPS) is 29.8.